The maximum atomic E-state index is 13.1. The lowest BCUT2D eigenvalue weighted by Gasteiger charge is -2.29. The molecule has 0 aliphatic rings. The molecule has 0 radical (unpaired) electrons. The van der Waals surface area contributed by atoms with Gasteiger partial charge in [0, 0.05) is 19.8 Å². The van der Waals surface area contributed by atoms with Crippen LogP contribution in [-0.2, 0) is 34.9 Å². The second-order valence-electron chi connectivity index (χ2n) is 6.58. The number of rotatable bonds is 6. The van der Waals surface area contributed by atoms with E-state index in [1.165, 1.54) is 20.8 Å². The van der Waals surface area contributed by atoms with Crippen LogP contribution in [0.3, 0.4) is 0 Å². The van der Waals surface area contributed by atoms with Crippen LogP contribution in [0.15, 0.2) is 24.3 Å². The highest BCUT2D eigenvalue weighted by Gasteiger charge is 2.62. The first-order valence-corrected chi connectivity index (χ1v) is 9.28. The van der Waals surface area contributed by atoms with E-state index in [1.54, 1.807) is 0 Å². The van der Waals surface area contributed by atoms with Gasteiger partial charge < -0.3 is 24.4 Å². The monoisotopic (exact) mass is 424 g/mol. The average Bonchev–Trinajstić information content (AvgIpc) is 2.59. The van der Waals surface area contributed by atoms with Gasteiger partial charge in [-0.15, -0.1) is 0 Å². The fourth-order valence-corrected chi connectivity index (χ4v) is 3.40. The summed E-state index contributed by atoms with van der Waals surface area (Å²) in [7, 11) is -2.84. The number of benzene rings is 1. The summed E-state index contributed by atoms with van der Waals surface area (Å²) < 4.78 is 66.3. The van der Waals surface area contributed by atoms with Gasteiger partial charge in [0.15, 0.2) is 0 Å². The van der Waals surface area contributed by atoms with Crippen LogP contribution < -0.4 is 0 Å². The van der Waals surface area contributed by atoms with E-state index in [0.717, 1.165) is 26.4 Å². The molecule has 0 aromatic heterocycles. The van der Waals surface area contributed by atoms with Gasteiger partial charge in [-0.25, -0.2) is 9.36 Å². The Hall–Kier alpha value is -2.03. The van der Waals surface area contributed by atoms with Crippen LogP contribution >= 0.6 is 7.60 Å². The van der Waals surface area contributed by atoms with E-state index in [1.807, 2.05) is 0 Å². The minimum absolute atomic E-state index is 0.435. The van der Waals surface area contributed by atoms with Crippen molar-refractivity contribution in [2.45, 2.75) is 38.1 Å². The first kappa shape index (κ1) is 24.0. The predicted octanol–water partition coefficient (Wildman–Crippen LogP) is 3.35. The first-order valence-electron chi connectivity index (χ1n) is 7.74. The van der Waals surface area contributed by atoms with Crippen LogP contribution in [0, 0.1) is 0 Å². The molecule has 156 valence electrons. The van der Waals surface area contributed by atoms with Crippen molar-refractivity contribution in [1.29, 1.82) is 0 Å². The Bertz CT molecular complexity index is 838. The van der Waals surface area contributed by atoms with E-state index in [-0.39, 0.29) is 0 Å². The Morgan fingerprint density at radius 1 is 1.14 bits per heavy atom. The van der Waals surface area contributed by atoms with E-state index in [0.29, 0.717) is 12.1 Å². The summed E-state index contributed by atoms with van der Waals surface area (Å²) in [5.41, 5.74) is 1.79. The van der Waals surface area contributed by atoms with Gasteiger partial charge in [0.05, 0.1) is 5.56 Å². The summed E-state index contributed by atoms with van der Waals surface area (Å²) in [5, 5.41) is 11.1. The zero-order chi connectivity index (χ0) is 22.0. The number of esters is 1. The smallest absolute Gasteiger partial charge is 0.441 e. The summed E-state index contributed by atoms with van der Waals surface area (Å²) in [6, 6.07) is 2.98. The molecule has 0 fully saturated rings. The summed E-state index contributed by atoms with van der Waals surface area (Å²) in [5.74, 6) is -1.54. The van der Waals surface area contributed by atoms with Crippen molar-refractivity contribution in [3.63, 3.8) is 0 Å². The molecule has 1 aromatic rings. The number of hydrogen-bond donors (Lipinski definition) is 1. The summed E-state index contributed by atoms with van der Waals surface area (Å²) in [6.07, 6.45) is -4.81. The molecule has 0 aliphatic heterocycles. The largest absolute Gasteiger partial charge is 0.457 e. The van der Waals surface area contributed by atoms with Crippen molar-refractivity contribution in [3.05, 3.63) is 40.9 Å². The number of nitrogens with zero attached hydrogens (tertiary/aromatic N) is 2. The van der Waals surface area contributed by atoms with Crippen LogP contribution in [0.2, 0.25) is 0 Å². The van der Waals surface area contributed by atoms with Crippen molar-refractivity contribution < 1.29 is 46.2 Å². The fourth-order valence-electron chi connectivity index (χ4n) is 2.18. The lowest BCUT2D eigenvalue weighted by atomic mass is 9.92. The standard InChI is InChI=1S/C16H20F3N2O6P/c1-14(2,3)27-13(22)15(23,12(21-20)28(24,25-4)26-5)10-7-6-8-11(9-10)16(17,18)19/h6-9,23H,1-5H3/t15-/m0/s1. The molecule has 1 atom stereocenters. The van der Waals surface area contributed by atoms with Crippen molar-refractivity contribution in [3.8, 4) is 0 Å². The highest BCUT2D eigenvalue weighted by atomic mass is 31.2. The van der Waals surface area contributed by atoms with Crippen LogP contribution in [0.4, 0.5) is 13.2 Å². The van der Waals surface area contributed by atoms with Gasteiger partial charge in [0.25, 0.3) is 5.60 Å². The Balaban J connectivity index is 3.83. The third-order valence-electron chi connectivity index (χ3n) is 3.46. The van der Waals surface area contributed by atoms with Crippen LogP contribution in [0.25, 0.3) is 5.53 Å². The average molecular weight is 424 g/mol. The SMILES string of the molecule is COP(=O)(OC)C(=[N+]=[N-])[C@](O)(C(=O)OC(C)(C)C)c1cccc(C(F)(F)F)c1. The molecule has 0 unspecified atom stereocenters. The molecule has 1 rings (SSSR count). The van der Waals surface area contributed by atoms with Crippen LogP contribution in [-0.4, -0.2) is 41.1 Å². The van der Waals surface area contributed by atoms with Crippen molar-refractivity contribution >= 4 is 19.0 Å². The number of alkyl halides is 3. The third kappa shape index (κ3) is 4.87. The Kier molecular flexibility index (Phi) is 6.98. The maximum absolute atomic E-state index is 13.1. The minimum atomic E-state index is -4.81. The molecule has 0 heterocycles. The van der Waals surface area contributed by atoms with Gasteiger partial charge in [-0.05, 0) is 32.9 Å². The van der Waals surface area contributed by atoms with Gasteiger partial charge in [0.1, 0.15) is 5.60 Å². The van der Waals surface area contributed by atoms with Gasteiger partial charge in [-0.1, -0.05) is 12.1 Å². The highest BCUT2D eigenvalue weighted by molar-refractivity contribution is 7.72. The highest BCUT2D eigenvalue weighted by Crippen LogP contribution is 2.53. The second-order valence-corrected chi connectivity index (χ2v) is 8.73. The van der Waals surface area contributed by atoms with Crippen molar-refractivity contribution in [2.75, 3.05) is 14.2 Å². The molecular formula is C16H20F3N2O6P. The predicted molar refractivity (Wildman–Crippen MR) is 91.4 cm³/mol. The third-order valence-corrected chi connectivity index (χ3v) is 5.35. The Morgan fingerprint density at radius 2 is 1.64 bits per heavy atom. The minimum Gasteiger partial charge on any atom is -0.457 e. The van der Waals surface area contributed by atoms with E-state index < -0.39 is 47.5 Å². The van der Waals surface area contributed by atoms with Crippen molar-refractivity contribution in [1.82, 2.24) is 0 Å². The van der Waals surface area contributed by atoms with Crippen molar-refractivity contribution in [2.24, 2.45) is 0 Å². The molecule has 1 aromatic carbocycles. The number of hydrogen-bond acceptors (Lipinski definition) is 6. The molecule has 0 saturated heterocycles. The second kappa shape index (κ2) is 8.14. The number of halogens is 3. The fraction of sp³-hybridized carbons (Fsp3) is 0.500. The quantitative estimate of drug-likeness (QED) is 0.246. The number of carbonyl (C=O) groups is 1. The molecule has 8 nitrogen and oxygen atoms in total. The molecule has 12 heteroatoms. The van der Waals surface area contributed by atoms with E-state index >= 15 is 0 Å². The summed E-state index contributed by atoms with van der Waals surface area (Å²) >= 11 is 0. The molecule has 0 spiro atoms. The van der Waals surface area contributed by atoms with Crippen LogP contribution in [0.1, 0.15) is 31.9 Å². The number of aliphatic hydroxyl groups is 1. The molecule has 0 amide bonds. The zero-order valence-corrected chi connectivity index (χ0v) is 16.7. The lowest BCUT2D eigenvalue weighted by molar-refractivity contribution is -0.174. The molecular weight excluding hydrogens is 404 g/mol. The van der Waals surface area contributed by atoms with Crippen LogP contribution in [0.5, 0.6) is 0 Å². The van der Waals surface area contributed by atoms with Gasteiger partial charge in [0.2, 0.25) is 0 Å². The summed E-state index contributed by atoms with van der Waals surface area (Å²) in [4.78, 5) is 15.4. The van der Waals surface area contributed by atoms with E-state index in [9.17, 15) is 33.2 Å². The summed E-state index contributed by atoms with van der Waals surface area (Å²) in [6.45, 7) is 4.29. The van der Waals surface area contributed by atoms with E-state index in [4.69, 9.17) is 4.74 Å². The van der Waals surface area contributed by atoms with E-state index in [2.05, 4.69) is 13.8 Å². The normalized spacial score (nSPS) is 14.8. The molecule has 0 aliphatic carbocycles. The molecule has 28 heavy (non-hydrogen) atoms. The molecule has 0 bridgehead atoms. The number of ether oxygens (including phenoxy) is 1. The number of carbonyl (C=O) groups excluding carboxylic acids is 1. The van der Waals surface area contributed by atoms with Gasteiger partial charge in [-0.3, -0.25) is 0 Å². The van der Waals surface area contributed by atoms with Gasteiger partial charge >= 0.3 is 25.2 Å². The zero-order valence-electron chi connectivity index (χ0n) is 15.8. The molecule has 1 N–H and O–H groups in total. The Labute approximate surface area is 159 Å². The van der Waals surface area contributed by atoms with Gasteiger partial charge in [-0.2, -0.15) is 18.0 Å². The lowest BCUT2D eigenvalue weighted by Crippen LogP contribution is -2.48. The Morgan fingerprint density at radius 3 is 2.04 bits per heavy atom. The molecule has 0 saturated carbocycles. The maximum Gasteiger partial charge on any atom is 0.441 e. The first-order chi connectivity index (χ1) is 12.7. The topological polar surface area (TPSA) is 118 Å².